The maximum Gasteiger partial charge on any atom is 0.180 e. The zero-order chi connectivity index (χ0) is 8.81. The standard InChI is InChI=1S/C5H4N4.CHNS/c1-4-5(8-2-6-1)9-3-7-4;2-1-3/h1-3H,(H,6,7,8,9);2H. The van der Waals surface area contributed by atoms with Crippen LogP contribution in [0.15, 0.2) is 18.9 Å². The van der Waals surface area contributed by atoms with E-state index < -0.39 is 0 Å². The molecule has 2 aromatic rings. The van der Waals surface area contributed by atoms with Crippen molar-refractivity contribution in [2.45, 2.75) is 0 Å². The van der Waals surface area contributed by atoms with Gasteiger partial charge in [-0.1, -0.05) is 0 Å². The monoisotopic (exact) mass is 179 g/mol. The van der Waals surface area contributed by atoms with E-state index in [1.807, 2.05) is 0 Å². The maximum atomic E-state index is 5.77. The van der Waals surface area contributed by atoms with Gasteiger partial charge < -0.3 is 4.98 Å². The topological polar surface area (TPSA) is 78.3 Å². The van der Waals surface area contributed by atoms with Gasteiger partial charge in [0.1, 0.15) is 11.8 Å². The molecule has 0 spiro atoms. The summed E-state index contributed by atoms with van der Waals surface area (Å²) >= 11 is 3.81. The molecule has 60 valence electrons. The first-order chi connectivity index (χ1) is 5.88. The minimum atomic E-state index is 0.713. The summed E-state index contributed by atoms with van der Waals surface area (Å²) in [6, 6.07) is 0. The van der Waals surface area contributed by atoms with Gasteiger partial charge in [0.15, 0.2) is 5.65 Å². The van der Waals surface area contributed by atoms with Gasteiger partial charge in [-0.25, -0.2) is 20.4 Å². The number of isothiocyanates is 1. The molecule has 0 radical (unpaired) electrons. The van der Waals surface area contributed by atoms with E-state index in [2.05, 4.69) is 32.2 Å². The Morgan fingerprint density at radius 1 is 1.50 bits per heavy atom. The van der Waals surface area contributed by atoms with E-state index in [4.69, 9.17) is 5.41 Å². The van der Waals surface area contributed by atoms with E-state index >= 15 is 0 Å². The third-order valence-corrected chi connectivity index (χ3v) is 1.10. The van der Waals surface area contributed by atoms with Crippen LogP contribution in [0.25, 0.3) is 11.2 Å². The molecule has 0 atom stereocenters. The lowest BCUT2D eigenvalue weighted by Gasteiger charge is -1.80. The summed E-state index contributed by atoms with van der Waals surface area (Å²) in [5.74, 6) is 0. The minimum Gasteiger partial charge on any atom is -0.342 e. The van der Waals surface area contributed by atoms with Crippen molar-refractivity contribution >= 4 is 28.5 Å². The first-order valence-electron chi connectivity index (χ1n) is 3.01. The molecule has 0 aliphatic heterocycles. The Morgan fingerprint density at radius 3 is 2.92 bits per heavy atom. The number of imidazole rings is 1. The van der Waals surface area contributed by atoms with Gasteiger partial charge in [0, 0.05) is 0 Å². The van der Waals surface area contributed by atoms with Crippen LogP contribution in [0.2, 0.25) is 0 Å². The van der Waals surface area contributed by atoms with Crippen molar-refractivity contribution in [1.82, 2.24) is 19.9 Å². The van der Waals surface area contributed by atoms with Crippen LogP contribution in [-0.4, -0.2) is 25.1 Å². The van der Waals surface area contributed by atoms with Gasteiger partial charge in [-0.15, -0.1) is 0 Å². The minimum absolute atomic E-state index is 0.713. The van der Waals surface area contributed by atoms with E-state index in [1.165, 1.54) is 6.33 Å². The Kier molecular flexibility index (Phi) is 3.01. The molecule has 12 heavy (non-hydrogen) atoms. The van der Waals surface area contributed by atoms with E-state index in [-0.39, 0.29) is 0 Å². The van der Waals surface area contributed by atoms with Gasteiger partial charge in [0.25, 0.3) is 0 Å². The maximum absolute atomic E-state index is 5.77. The van der Waals surface area contributed by atoms with Crippen LogP contribution in [0, 0.1) is 5.41 Å². The smallest absolute Gasteiger partial charge is 0.180 e. The third-order valence-electron chi connectivity index (χ3n) is 1.10. The molecule has 2 aromatic heterocycles. The van der Waals surface area contributed by atoms with Crippen molar-refractivity contribution in [3.8, 4) is 0 Å². The van der Waals surface area contributed by atoms with Crippen LogP contribution in [0.1, 0.15) is 0 Å². The lowest BCUT2D eigenvalue weighted by atomic mass is 10.6. The summed E-state index contributed by atoms with van der Waals surface area (Å²) < 4.78 is 0. The van der Waals surface area contributed by atoms with Crippen LogP contribution >= 0.6 is 12.2 Å². The average molecular weight is 179 g/mol. The summed E-state index contributed by atoms with van der Waals surface area (Å²) in [5.41, 5.74) is 1.59. The normalized spacial score (nSPS) is 8.33. The number of rotatable bonds is 0. The Bertz CT molecular complexity index is 359. The van der Waals surface area contributed by atoms with Crippen molar-refractivity contribution in [3.05, 3.63) is 18.9 Å². The molecule has 2 heterocycles. The molecular formula is C6H5N5S. The summed E-state index contributed by atoms with van der Waals surface area (Å²) in [6.07, 6.45) is 4.76. The summed E-state index contributed by atoms with van der Waals surface area (Å²) in [7, 11) is 0. The SMILES string of the molecule is N=C=S.c1ncc2[nH]cnc2n1. The molecule has 0 aliphatic rings. The van der Waals surface area contributed by atoms with Gasteiger partial charge in [0.2, 0.25) is 0 Å². The predicted molar refractivity (Wildman–Crippen MR) is 47.0 cm³/mol. The molecule has 0 fully saturated rings. The third kappa shape index (κ3) is 1.91. The fourth-order valence-electron chi connectivity index (χ4n) is 0.691. The average Bonchev–Trinajstić information content (AvgIpc) is 2.52. The van der Waals surface area contributed by atoms with Crippen LogP contribution in [0.4, 0.5) is 0 Å². The van der Waals surface area contributed by atoms with Crippen molar-refractivity contribution in [3.63, 3.8) is 0 Å². The molecular weight excluding hydrogens is 174 g/mol. The van der Waals surface area contributed by atoms with E-state index in [0.717, 1.165) is 5.52 Å². The second-order valence-electron chi connectivity index (χ2n) is 1.76. The summed E-state index contributed by atoms with van der Waals surface area (Å²) in [5, 5.41) is 7.36. The zero-order valence-corrected chi connectivity index (χ0v) is 6.80. The predicted octanol–water partition coefficient (Wildman–Crippen LogP) is 1.02. The number of hydrogen-bond donors (Lipinski definition) is 2. The Labute approximate surface area is 73.4 Å². The number of thiocarbonyl (C=S) groups is 1. The molecule has 0 bridgehead atoms. The van der Waals surface area contributed by atoms with Gasteiger partial charge >= 0.3 is 0 Å². The number of aromatic amines is 1. The van der Waals surface area contributed by atoms with Crippen molar-refractivity contribution in [2.24, 2.45) is 0 Å². The molecule has 5 nitrogen and oxygen atoms in total. The highest BCUT2D eigenvalue weighted by molar-refractivity contribution is 7.78. The number of hydrogen-bond acceptors (Lipinski definition) is 5. The Hall–Kier alpha value is -1.65. The van der Waals surface area contributed by atoms with Crippen LogP contribution in [0.5, 0.6) is 0 Å². The first-order valence-corrected chi connectivity index (χ1v) is 3.42. The molecule has 0 aliphatic carbocycles. The quantitative estimate of drug-likeness (QED) is 0.467. The molecule has 0 saturated carbocycles. The zero-order valence-electron chi connectivity index (χ0n) is 5.98. The molecule has 6 heteroatoms. The highest BCUT2D eigenvalue weighted by Gasteiger charge is 1.91. The lowest BCUT2D eigenvalue weighted by molar-refractivity contribution is 1.20. The fourth-order valence-corrected chi connectivity index (χ4v) is 0.691. The van der Waals surface area contributed by atoms with Gasteiger partial charge in [0.05, 0.1) is 17.7 Å². The highest BCUT2D eigenvalue weighted by Crippen LogP contribution is 1.99. The number of H-pyrrole nitrogens is 1. The molecule has 0 saturated heterocycles. The second kappa shape index (κ2) is 4.27. The van der Waals surface area contributed by atoms with Crippen LogP contribution in [-0.2, 0) is 0 Å². The van der Waals surface area contributed by atoms with Gasteiger partial charge in [-0.05, 0) is 12.2 Å². The second-order valence-corrected chi connectivity index (χ2v) is 1.97. The van der Waals surface area contributed by atoms with Gasteiger partial charge in [-0.3, -0.25) is 0 Å². The van der Waals surface area contributed by atoms with Crippen molar-refractivity contribution < 1.29 is 0 Å². The van der Waals surface area contributed by atoms with Crippen molar-refractivity contribution in [2.75, 3.05) is 0 Å². The molecule has 0 aromatic carbocycles. The molecule has 0 amide bonds. The lowest BCUT2D eigenvalue weighted by Crippen LogP contribution is -1.76. The number of aromatic nitrogens is 4. The fraction of sp³-hybridized carbons (Fsp3) is 0. The first kappa shape index (κ1) is 8.45. The summed E-state index contributed by atoms with van der Waals surface area (Å²) in [6.45, 7) is 0. The van der Waals surface area contributed by atoms with E-state index in [1.54, 1.807) is 17.7 Å². The Morgan fingerprint density at radius 2 is 2.25 bits per heavy atom. The van der Waals surface area contributed by atoms with Crippen LogP contribution in [0.3, 0.4) is 0 Å². The summed E-state index contributed by atoms with van der Waals surface area (Å²) in [4.78, 5) is 14.5. The van der Waals surface area contributed by atoms with Crippen molar-refractivity contribution in [1.29, 1.82) is 5.41 Å². The number of nitrogens with one attached hydrogen (secondary N) is 2. The Balaban J connectivity index is 0.000000213. The number of nitrogens with zero attached hydrogens (tertiary/aromatic N) is 3. The van der Waals surface area contributed by atoms with Crippen LogP contribution < -0.4 is 0 Å². The van der Waals surface area contributed by atoms with Gasteiger partial charge in [-0.2, -0.15) is 0 Å². The highest BCUT2D eigenvalue weighted by atomic mass is 32.1. The molecule has 0 unspecified atom stereocenters. The molecule has 2 N–H and O–H groups in total. The largest absolute Gasteiger partial charge is 0.342 e. The van der Waals surface area contributed by atoms with E-state index in [9.17, 15) is 0 Å². The molecule has 2 rings (SSSR count). The number of fused-ring (bicyclic) bond motifs is 1. The van der Waals surface area contributed by atoms with E-state index in [0.29, 0.717) is 5.65 Å².